The van der Waals surface area contributed by atoms with Crippen LogP contribution in [-0.4, -0.2) is 11.9 Å². The minimum Gasteiger partial charge on any atom is -0.350 e. The van der Waals surface area contributed by atoms with Crippen molar-refractivity contribution in [2.45, 2.75) is 32.7 Å². The molecule has 0 spiro atoms. The molecule has 0 aromatic heterocycles. The normalized spacial score (nSPS) is 12.6. The number of benzene rings is 1. The van der Waals surface area contributed by atoms with Crippen LogP contribution in [0.4, 0.5) is 8.78 Å². The lowest BCUT2D eigenvalue weighted by molar-refractivity contribution is 0.0925. The first-order valence-electron chi connectivity index (χ1n) is 5.24. The van der Waals surface area contributed by atoms with Crippen LogP contribution in [0.15, 0.2) is 24.3 Å². The fourth-order valence-electron chi connectivity index (χ4n) is 1.30. The number of carbonyl (C=O) groups is 1. The van der Waals surface area contributed by atoms with E-state index in [0.29, 0.717) is 0 Å². The van der Waals surface area contributed by atoms with Crippen molar-refractivity contribution in [3.8, 4) is 0 Å². The summed E-state index contributed by atoms with van der Waals surface area (Å²) in [5.41, 5.74) is -0.166. The van der Waals surface area contributed by atoms with Crippen LogP contribution in [0.5, 0.6) is 0 Å². The second-order valence-corrected chi connectivity index (χ2v) is 3.67. The third-order valence-electron chi connectivity index (χ3n) is 2.43. The number of nitrogens with one attached hydrogen (secondary N) is 1. The summed E-state index contributed by atoms with van der Waals surface area (Å²) in [4.78, 5) is 11.7. The van der Waals surface area contributed by atoms with Crippen molar-refractivity contribution >= 4 is 5.91 Å². The molecule has 0 aliphatic carbocycles. The third kappa shape index (κ3) is 3.02. The quantitative estimate of drug-likeness (QED) is 0.841. The van der Waals surface area contributed by atoms with Gasteiger partial charge in [-0.05, 0) is 19.4 Å². The number of halogens is 2. The molecular weight excluding hydrogens is 212 g/mol. The van der Waals surface area contributed by atoms with Gasteiger partial charge in [-0.2, -0.15) is 0 Å². The van der Waals surface area contributed by atoms with Crippen LogP contribution in [-0.2, 0) is 0 Å². The van der Waals surface area contributed by atoms with Crippen LogP contribution < -0.4 is 5.32 Å². The molecule has 88 valence electrons. The monoisotopic (exact) mass is 227 g/mol. The molecule has 0 saturated carbocycles. The summed E-state index contributed by atoms with van der Waals surface area (Å²) in [6.45, 7) is 3.76. The van der Waals surface area contributed by atoms with Crippen molar-refractivity contribution in [1.82, 2.24) is 5.32 Å². The maximum absolute atomic E-state index is 12.6. The Balaban J connectivity index is 2.90. The molecule has 0 saturated heterocycles. The first-order valence-corrected chi connectivity index (χ1v) is 5.24. The molecule has 2 nitrogen and oxygen atoms in total. The van der Waals surface area contributed by atoms with Crippen molar-refractivity contribution in [2.24, 2.45) is 0 Å². The van der Waals surface area contributed by atoms with Gasteiger partial charge in [0.25, 0.3) is 12.3 Å². The molecule has 16 heavy (non-hydrogen) atoms. The third-order valence-corrected chi connectivity index (χ3v) is 2.43. The largest absolute Gasteiger partial charge is 0.350 e. The van der Waals surface area contributed by atoms with Crippen molar-refractivity contribution in [3.05, 3.63) is 35.4 Å². The number of rotatable bonds is 4. The van der Waals surface area contributed by atoms with Gasteiger partial charge >= 0.3 is 0 Å². The number of carbonyl (C=O) groups excluding carboxylic acids is 1. The molecule has 4 heteroatoms. The average molecular weight is 227 g/mol. The SMILES string of the molecule is CC[C@@H](C)NC(=O)c1ccccc1C(F)F. The highest BCUT2D eigenvalue weighted by molar-refractivity contribution is 5.95. The van der Waals surface area contributed by atoms with Gasteiger partial charge in [0.1, 0.15) is 0 Å². The van der Waals surface area contributed by atoms with Crippen LogP contribution in [0.2, 0.25) is 0 Å². The Morgan fingerprint density at radius 2 is 2.00 bits per heavy atom. The summed E-state index contributed by atoms with van der Waals surface area (Å²) in [5, 5.41) is 2.67. The fraction of sp³-hybridized carbons (Fsp3) is 0.417. The van der Waals surface area contributed by atoms with E-state index in [2.05, 4.69) is 5.32 Å². The van der Waals surface area contributed by atoms with Gasteiger partial charge in [-0.25, -0.2) is 8.78 Å². The summed E-state index contributed by atoms with van der Waals surface area (Å²) in [5.74, 6) is -0.440. The smallest absolute Gasteiger partial charge is 0.264 e. The van der Waals surface area contributed by atoms with Crippen LogP contribution in [0.25, 0.3) is 0 Å². The molecule has 0 radical (unpaired) electrons. The summed E-state index contributed by atoms with van der Waals surface area (Å²) in [7, 11) is 0. The molecular formula is C12H15F2NO. The maximum atomic E-state index is 12.6. The molecule has 0 bridgehead atoms. The number of alkyl halides is 2. The Morgan fingerprint density at radius 1 is 1.38 bits per heavy atom. The van der Waals surface area contributed by atoms with Gasteiger partial charge in [0.15, 0.2) is 0 Å². The predicted molar refractivity (Wildman–Crippen MR) is 58.6 cm³/mol. The lowest BCUT2D eigenvalue weighted by atomic mass is 10.1. The summed E-state index contributed by atoms with van der Waals surface area (Å²) in [6.07, 6.45) is -1.86. The fourth-order valence-corrected chi connectivity index (χ4v) is 1.30. The van der Waals surface area contributed by atoms with Crippen molar-refractivity contribution in [3.63, 3.8) is 0 Å². The van der Waals surface area contributed by atoms with E-state index in [1.807, 2.05) is 13.8 Å². The zero-order valence-electron chi connectivity index (χ0n) is 9.34. The topological polar surface area (TPSA) is 29.1 Å². The Bertz CT molecular complexity index is 366. The molecule has 1 amide bonds. The molecule has 0 unspecified atom stereocenters. The molecule has 1 rings (SSSR count). The van der Waals surface area contributed by atoms with E-state index in [0.717, 1.165) is 6.42 Å². The van der Waals surface area contributed by atoms with Crippen molar-refractivity contribution in [2.75, 3.05) is 0 Å². The van der Waals surface area contributed by atoms with E-state index in [1.54, 1.807) is 6.07 Å². The Hall–Kier alpha value is -1.45. The second-order valence-electron chi connectivity index (χ2n) is 3.67. The molecule has 1 aromatic rings. The van der Waals surface area contributed by atoms with Gasteiger partial charge in [0.05, 0.1) is 0 Å². The van der Waals surface area contributed by atoms with Crippen LogP contribution >= 0.6 is 0 Å². The van der Waals surface area contributed by atoms with Crippen molar-refractivity contribution in [1.29, 1.82) is 0 Å². The molecule has 0 fully saturated rings. The van der Waals surface area contributed by atoms with E-state index >= 15 is 0 Å². The van der Waals surface area contributed by atoms with Crippen LogP contribution in [0, 0.1) is 0 Å². The first kappa shape index (κ1) is 12.6. The predicted octanol–water partition coefficient (Wildman–Crippen LogP) is 3.15. The van der Waals surface area contributed by atoms with E-state index in [1.165, 1.54) is 18.2 Å². The van der Waals surface area contributed by atoms with Crippen molar-refractivity contribution < 1.29 is 13.6 Å². The van der Waals surface area contributed by atoms with Gasteiger partial charge in [0.2, 0.25) is 0 Å². The van der Waals surface area contributed by atoms with E-state index < -0.39 is 12.3 Å². The van der Waals surface area contributed by atoms with Gasteiger partial charge in [-0.15, -0.1) is 0 Å². The number of hydrogen-bond acceptors (Lipinski definition) is 1. The minimum absolute atomic E-state index is 0.0155. The molecule has 1 N–H and O–H groups in total. The Morgan fingerprint density at radius 3 is 2.56 bits per heavy atom. The zero-order valence-corrected chi connectivity index (χ0v) is 9.34. The molecule has 1 atom stereocenters. The van der Waals surface area contributed by atoms with Gasteiger partial charge in [-0.3, -0.25) is 4.79 Å². The highest BCUT2D eigenvalue weighted by atomic mass is 19.3. The van der Waals surface area contributed by atoms with Crippen LogP contribution in [0.1, 0.15) is 42.6 Å². The van der Waals surface area contributed by atoms with Gasteiger partial charge in [0, 0.05) is 17.2 Å². The summed E-state index contributed by atoms with van der Waals surface area (Å²) < 4.78 is 25.3. The number of hydrogen-bond donors (Lipinski definition) is 1. The van der Waals surface area contributed by atoms with Crippen LogP contribution in [0.3, 0.4) is 0 Å². The summed E-state index contributed by atoms with van der Waals surface area (Å²) >= 11 is 0. The second kappa shape index (κ2) is 5.58. The standard InChI is InChI=1S/C12H15F2NO/c1-3-8(2)15-12(16)10-7-5-4-6-9(10)11(13)14/h4-8,11H,3H2,1-2H3,(H,15,16)/t8-/m1/s1. The van der Waals surface area contributed by atoms with E-state index in [-0.39, 0.29) is 17.2 Å². The highest BCUT2D eigenvalue weighted by Gasteiger charge is 2.18. The Kier molecular flexibility index (Phi) is 4.40. The average Bonchev–Trinajstić information content (AvgIpc) is 2.28. The molecule has 1 aromatic carbocycles. The summed E-state index contributed by atoms with van der Waals surface area (Å²) in [6, 6.07) is 5.76. The highest BCUT2D eigenvalue weighted by Crippen LogP contribution is 2.22. The lowest BCUT2D eigenvalue weighted by Gasteiger charge is -2.13. The first-order chi connectivity index (χ1) is 7.56. The Labute approximate surface area is 93.7 Å². The molecule has 0 heterocycles. The lowest BCUT2D eigenvalue weighted by Crippen LogP contribution is -2.32. The molecule has 0 aliphatic heterocycles. The minimum atomic E-state index is -2.63. The van der Waals surface area contributed by atoms with E-state index in [4.69, 9.17) is 0 Å². The zero-order chi connectivity index (χ0) is 12.1. The molecule has 0 aliphatic rings. The van der Waals surface area contributed by atoms with Gasteiger partial charge in [-0.1, -0.05) is 25.1 Å². The van der Waals surface area contributed by atoms with E-state index in [9.17, 15) is 13.6 Å². The van der Waals surface area contributed by atoms with Gasteiger partial charge < -0.3 is 5.32 Å². The number of amides is 1. The maximum Gasteiger partial charge on any atom is 0.264 e.